The van der Waals surface area contributed by atoms with Gasteiger partial charge in [-0.2, -0.15) is 0 Å². The highest BCUT2D eigenvalue weighted by molar-refractivity contribution is 5.94. The first-order valence-corrected chi connectivity index (χ1v) is 7.39. The molecule has 2 N–H and O–H groups in total. The van der Waals surface area contributed by atoms with Crippen molar-refractivity contribution in [2.24, 2.45) is 5.92 Å². The van der Waals surface area contributed by atoms with E-state index >= 15 is 0 Å². The number of methoxy groups -OCH3 is 1. The Bertz CT molecular complexity index is 440. The summed E-state index contributed by atoms with van der Waals surface area (Å²) in [6.07, 6.45) is 2.00. The van der Waals surface area contributed by atoms with Crippen molar-refractivity contribution in [3.63, 3.8) is 0 Å². The van der Waals surface area contributed by atoms with Crippen LogP contribution in [0.4, 0.5) is 0 Å². The number of nitrogens with one attached hydrogen (secondary N) is 1. The van der Waals surface area contributed by atoms with Crippen LogP contribution in [0.2, 0.25) is 0 Å². The molecule has 1 aromatic rings. The summed E-state index contributed by atoms with van der Waals surface area (Å²) < 4.78 is 10.3. The van der Waals surface area contributed by atoms with Crippen molar-refractivity contribution < 1.29 is 19.4 Å². The maximum Gasteiger partial charge on any atom is 0.251 e. The van der Waals surface area contributed by atoms with Crippen LogP contribution < -0.4 is 10.1 Å². The van der Waals surface area contributed by atoms with Crippen molar-refractivity contribution in [3.8, 4) is 5.75 Å². The molecule has 1 fully saturated rings. The number of ether oxygens (including phenoxy) is 2. The molecule has 2 rings (SSSR count). The van der Waals surface area contributed by atoms with E-state index in [1.54, 1.807) is 31.4 Å². The Hall–Kier alpha value is -1.59. The summed E-state index contributed by atoms with van der Waals surface area (Å²) >= 11 is 0. The lowest BCUT2D eigenvalue weighted by Crippen LogP contribution is -2.32. The minimum Gasteiger partial charge on any atom is -0.497 e. The predicted molar refractivity (Wildman–Crippen MR) is 79.5 cm³/mol. The summed E-state index contributed by atoms with van der Waals surface area (Å²) in [4.78, 5) is 11.9. The van der Waals surface area contributed by atoms with Gasteiger partial charge in [0, 0.05) is 25.3 Å². The van der Waals surface area contributed by atoms with Crippen molar-refractivity contribution >= 4 is 5.91 Å². The summed E-state index contributed by atoms with van der Waals surface area (Å²) in [6, 6.07) is 6.96. The van der Waals surface area contributed by atoms with Gasteiger partial charge < -0.3 is 19.9 Å². The van der Waals surface area contributed by atoms with Gasteiger partial charge in [0.1, 0.15) is 5.75 Å². The van der Waals surface area contributed by atoms with E-state index in [0.717, 1.165) is 31.8 Å². The average Bonchev–Trinajstić information content (AvgIpc) is 2.55. The molecule has 0 aromatic heterocycles. The van der Waals surface area contributed by atoms with Crippen molar-refractivity contribution in [1.82, 2.24) is 5.32 Å². The summed E-state index contributed by atoms with van der Waals surface area (Å²) in [5.74, 6) is 0.884. The largest absolute Gasteiger partial charge is 0.497 e. The van der Waals surface area contributed by atoms with E-state index in [1.807, 2.05) is 0 Å². The molecule has 1 aliphatic heterocycles. The van der Waals surface area contributed by atoms with Gasteiger partial charge in [0.25, 0.3) is 5.91 Å². The smallest absolute Gasteiger partial charge is 0.251 e. The molecule has 1 saturated heterocycles. The minimum atomic E-state index is -0.370. The second-order valence-corrected chi connectivity index (χ2v) is 5.29. The van der Waals surface area contributed by atoms with E-state index < -0.39 is 0 Å². The third-order valence-electron chi connectivity index (χ3n) is 3.89. The quantitative estimate of drug-likeness (QED) is 0.836. The highest BCUT2D eigenvalue weighted by Crippen LogP contribution is 2.20. The van der Waals surface area contributed by atoms with Crippen LogP contribution in [0, 0.1) is 5.92 Å². The molecule has 5 heteroatoms. The topological polar surface area (TPSA) is 67.8 Å². The van der Waals surface area contributed by atoms with Gasteiger partial charge in [0.05, 0.1) is 13.2 Å². The van der Waals surface area contributed by atoms with Crippen LogP contribution in [-0.2, 0) is 4.74 Å². The van der Waals surface area contributed by atoms with Gasteiger partial charge in [-0.05, 0) is 49.4 Å². The van der Waals surface area contributed by atoms with Gasteiger partial charge >= 0.3 is 0 Å². The zero-order valence-electron chi connectivity index (χ0n) is 12.4. The fourth-order valence-corrected chi connectivity index (χ4v) is 2.51. The van der Waals surface area contributed by atoms with Crippen molar-refractivity contribution in [3.05, 3.63) is 29.8 Å². The number of aliphatic hydroxyl groups is 1. The molecule has 5 nitrogen and oxygen atoms in total. The van der Waals surface area contributed by atoms with Crippen LogP contribution in [0.25, 0.3) is 0 Å². The molecule has 0 bridgehead atoms. The number of carbonyl (C=O) groups excluding carboxylic acids is 1. The first-order valence-electron chi connectivity index (χ1n) is 7.39. The number of hydrogen-bond acceptors (Lipinski definition) is 4. The molecule has 1 unspecified atom stereocenters. The third-order valence-corrected chi connectivity index (χ3v) is 3.89. The Morgan fingerprint density at radius 1 is 1.38 bits per heavy atom. The maximum absolute atomic E-state index is 11.9. The van der Waals surface area contributed by atoms with Crippen LogP contribution in [0.3, 0.4) is 0 Å². The molecule has 21 heavy (non-hydrogen) atoms. The highest BCUT2D eigenvalue weighted by Gasteiger charge is 2.21. The number of benzene rings is 1. The summed E-state index contributed by atoms with van der Waals surface area (Å²) in [6.45, 7) is 1.92. The number of rotatable bonds is 6. The van der Waals surface area contributed by atoms with Gasteiger partial charge in [-0.3, -0.25) is 4.79 Å². The maximum atomic E-state index is 11.9. The summed E-state index contributed by atoms with van der Waals surface area (Å²) in [5.41, 5.74) is 0.594. The first kappa shape index (κ1) is 15.8. The standard InChI is InChI=1S/C16H23NO4/c1-20-14-4-2-13(3-5-14)16(19)17-9-6-15(18)12-7-10-21-11-8-12/h2-5,12,15,18H,6-11H2,1H3,(H,17,19). The van der Waals surface area contributed by atoms with Crippen LogP contribution in [0.1, 0.15) is 29.6 Å². The molecule has 0 spiro atoms. The zero-order chi connectivity index (χ0) is 15.1. The fraction of sp³-hybridized carbons (Fsp3) is 0.562. The van der Waals surface area contributed by atoms with Gasteiger partial charge in [0.2, 0.25) is 0 Å². The molecule has 0 saturated carbocycles. The van der Waals surface area contributed by atoms with Crippen molar-refractivity contribution in [2.75, 3.05) is 26.9 Å². The van der Waals surface area contributed by atoms with Crippen LogP contribution in [0.5, 0.6) is 5.75 Å². The van der Waals surface area contributed by atoms with Gasteiger partial charge in [-0.15, -0.1) is 0 Å². The molecule has 1 amide bonds. The van der Waals surface area contributed by atoms with Gasteiger partial charge in [-0.1, -0.05) is 0 Å². The second kappa shape index (κ2) is 8.00. The Balaban J connectivity index is 1.72. The minimum absolute atomic E-state index is 0.128. The number of aliphatic hydroxyl groups excluding tert-OH is 1. The lowest BCUT2D eigenvalue weighted by molar-refractivity contribution is 0.00528. The van der Waals surface area contributed by atoms with E-state index in [1.165, 1.54) is 0 Å². The van der Waals surface area contributed by atoms with Crippen LogP contribution in [0.15, 0.2) is 24.3 Å². The molecular formula is C16H23NO4. The lowest BCUT2D eigenvalue weighted by atomic mass is 9.92. The number of hydrogen-bond donors (Lipinski definition) is 2. The monoisotopic (exact) mass is 293 g/mol. The highest BCUT2D eigenvalue weighted by atomic mass is 16.5. The molecule has 116 valence electrons. The Kier molecular flexibility index (Phi) is 6.02. The van der Waals surface area contributed by atoms with E-state index in [4.69, 9.17) is 9.47 Å². The average molecular weight is 293 g/mol. The Labute approximate surface area is 125 Å². The van der Waals surface area contributed by atoms with E-state index in [2.05, 4.69) is 5.32 Å². The third kappa shape index (κ3) is 4.72. The first-order chi connectivity index (χ1) is 10.2. The fourth-order valence-electron chi connectivity index (χ4n) is 2.51. The van der Waals surface area contributed by atoms with Crippen molar-refractivity contribution in [1.29, 1.82) is 0 Å². The van der Waals surface area contributed by atoms with Crippen LogP contribution in [-0.4, -0.2) is 44.0 Å². The van der Waals surface area contributed by atoms with E-state index in [9.17, 15) is 9.90 Å². The Morgan fingerprint density at radius 3 is 2.67 bits per heavy atom. The molecule has 1 atom stereocenters. The Morgan fingerprint density at radius 2 is 2.05 bits per heavy atom. The normalized spacial score (nSPS) is 17.2. The molecular weight excluding hydrogens is 270 g/mol. The molecule has 0 aliphatic carbocycles. The second-order valence-electron chi connectivity index (χ2n) is 5.29. The van der Waals surface area contributed by atoms with E-state index in [-0.39, 0.29) is 17.9 Å². The SMILES string of the molecule is COc1ccc(C(=O)NCCC(O)C2CCOCC2)cc1. The number of carbonyl (C=O) groups is 1. The zero-order valence-corrected chi connectivity index (χ0v) is 12.4. The predicted octanol–water partition coefficient (Wildman–Crippen LogP) is 1.60. The number of amides is 1. The molecule has 1 heterocycles. The summed E-state index contributed by atoms with van der Waals surface area (Å²) in [7, 11) is 1.59. The molecule has 0 radical (unpaired) electrons. The van der Waals surface area contributed by atoms with Crippen molar-refractivity contribution in [2.45, 2.75) is 25.4 Å². The molecule has 1 aliphatic rings. The molecule has 1 aromatic carbocycles. The lowest BCUT2D eigenvalue weighted by Gasteiger charge is -2.26. The van der Waals surface area contributed by atoms with E-state index in [0.29, 0.717) is 18.5 Å². The summed E-state index contributed by atoms with van der Waals surface area (Å²) in [5, 5.41) is 12.9. The van der Waals surface area contributed by atoms with Gasteiger partial charge in [0.15, 0.2) is 0 Å². The van der Waals surface area contributed by atoms with Crippen LogP contribution >= 0.6 is 0 Å². The van der Waals surface area contributed by atoms with Gasteiger partial charge in [-0.25, -0.2) is 0 Å².